The van der Waals surface area contributed by atoms with Crippen LogP contribution >= 0.6 is 0 Å². The molecule has 1 aliphatic heterocycles. The summed E-state index contributed by atoms with van der Waals surface area (Å²) in [5, 5.41) is 12.6. The van der Waals surface area contributed by atoms with E-state index < -0.39 is 21.2 Å². The van der Waals surface area contributed by atoms with E-state index in [1.54, 1.807) is 0 Å². The number of carboxylic acids is 1. The summed E-state index contributed by atoms with van der Waals surface area (Å²) in [5.74, 6) is 0.596. The van der Waals surface area contributed by atoms with Gasteiger partial charge >= 0.3 is 5.97 Å². The number of aliphatic carboxylic acids is 1. The molecule has 2 aliphatic rings. The largest absolute Gasteiger partial charge is 0.493 e. The van der Waals surface area contributed by atoms with Gasteiger partial charge in [-0.1, -0.05) is 18.2 Å². The summed E-state index contributed by atoms with van der Waals surface area (Å²) in [7, 11) is -3.26. The number of benzene rings is 1. The minimum atomic E-state index is -3.26. The second kappa shape index (κ2) is 8.49. The molecule has 8 heteroatoms. The number of aromatic nitrogens is 1. The van der Waals surface area contributed by atoms with E-state index in [-0.39, 0.29) is 18.1 Å². The highest BCUT2D eigenvalue weighted by Crippen LogP contribution is 2.62. The van der Waals surface area contributed by atoms with E-state index in [2.05, 4.69) is 22.4 Å². The molecule has 2 unspecified atom stereocenters. The molecule has 1 fully saturated rings. The van der Waals surface area contributed by atoms with E-state index in [0.717, 1.165) is 48.5 Å². The average molecular weight is 445 g/mol. The number of nitrogens with one attached hydrogen (secondary N) is 1. The Hall–Kier alpha value is -2.61. The van der Waals surface area contributed by atoms with Gasteiger partial charge in [0.2, 0.25) is 0 Å². The molecule has 1 aliphatic carbocycles. The topological polar surface area (TPSA) is 106 Å². The van der Waals surface area contributed by atoms with Gasteiger partial charge in [0.05, 0.1) is 18.8 Å². The maximum Gasteiger partial charge on any atom is 0.303 e. The molecule has 2 atom stereocenters. The molecule has 31 heavy (non-hydrogen) atoms. The first kappa shape index (κ1) is 21.6. The quantitative estimate of drug-likeness (QED) is 0.612. The van der Waals surface area contributed by atoms with Crippen LogP contribution in [0.3, 0.4) is 0 Å². The van der Waals surface area contributed by atoms with Gasteiger partial charge in [-0.2, -0.15) is 0 Å². The number of carbonyl (C=O) groups is 1. The number of rotatable bonds is 9. The molecule has 0 bridgehead atoms. The van der Waals surface area contributed by atoms with Crippen molar-refractivity contribution >= 4 is 21.6 Å². The zero-order chi connectivity index (χ0) is 22.1. The minimum Gasteiger partial charge on any atom is -0.493 e. The molecule has 1 saturated carbocycles. The van der Waals surface area contributed by atoms with E-state index in [4.69, 9.17) is 4.74 Å². The third-order valence-electron chi connectivity index (χ3n) is 6.10. The first-order valence-electron chi connectivity index (χ1n) is 10.6. The van der Waals surface area contributed by atoms with Gasteiger partial charge in [-0.05, 0) is 54.5 Å². The first-order valence-corrected chi connectivity index (χ1v) is 12.7. The van der Waals surface area contributed by atoms with E-state index in [9.17, 15) is 18.3 Å². The van der Waals surface area contributed by atoms with Crippen molar-refractivity contribution in [1.29, 1.82) is 0 Å². The Bertz CT molecular complexity index is 1070. The lowest BCUT2D eigenvalue weighted by Gasteiger charge is -2.17. The summed E-state index contributed by atoms with van der Waals surface area (Å²) in [6.07, 6.45) is 4.51. The molecule has 0 amide bonds. The molecular weight excluding hydrogens is 416 g/mol. The van der Waals surface area contributed by atoms with Crippen LogP contribution in [0.1, 0.15) is 42.0 Å². The summed E-state index contributed by atoms with van der Waals surface area (Å²) in [6.45, 7) is 1.47. The number of nitrogens with zero attached hydrogens (tertiary/aromatic N) is 1. The van der Waals surface area contributed by atoms with Crippen molar-refractivity contribution in [3.05, 3.63) is 53.2 Å². The number of hydrogen-bond donors (Lipinski definition) is 2. The number of pyridine rings is 1. The van der Waals surface area contributed by atoms with Crippen LogP contribution in [0.25, 0.3) is 0 Å². The maximum absolute atomic E-state index is 11.8. The van der Waals surface area contributed by atoms with Crippen molar-refractivity contribution in [3.63, 3.8) is 0 Å². The van der Waals surface area contributed by atoms with Crippen molar-refractivity contribution in [3.8, 4) is 5.75 Å². The molecule has 1 aromatic heterocycles. The zero-order valence-electron chi connectivity index (χ0n) is 17.6. The molecule has 1 aromatic carbocycles. The molecule has 2 heterocycles. The lowest BCUT2D eigenvalue weighted by atomic mass is 9.97. The summed E-state index contributed by atoms with van der Waals surface area (Å²) < 4.78 is 29.4. The Balaban J connectivity index is 1.34. The Labute approximate surface area is 182 Å². The van der Waals surface area contributed by atoms with Crippen molar-refractivity contribution in [2.45, 2.75) is 38.0 Å². The summed E-state index contributed by atoms with van der Waals surface area (Å²) in [6, 6.07) is 11.7. The highest BCUT2D eigenvalue weighted by molar-refractivity contribution is 7.90. The number of sulfone groups is 1. The monoisotopic (exact) mass is 444 g/mol. The number of carboxylic acid groups (broad SMARTS) is 1. The van der Waals surface area contributed by atoms with Gasteiger partial charge in [0, 0.05) is 30.3 Å². The lowest BCUT2D eigenvalue weighted by molar-refractivity contribution is -0.138. The van der Waals surface area contributed by atoms with Crippen LogP contribution in [0.15, 0.2) is 36.4 Å². The van der Waals surface area contributed by atoms with Crippen LogP contribution in [-0.2, 0) is 27.5 Å². The third kappa shape index (κ3) is 5.36. The Kier molecular flexibility index (Phi) is 5.92. The van der Waals surface area contributed by atoms with Gasteiger partial charge in [0.15, 0.2) is 0 Å². The zero-order valence-corrected chi connectivity index (χ0v) is 18.5. The number of anilines is 1. The first-order chi connectivity index (χ1) is 14.7. The predicted octanol–water partition coefficient (Wildman–Crippen LogP) is 3.05. The van der Waals surface area contributed by atoms with Gasteiger partial charge in [-0.3, -0.25) is 4.79 Å². The molecular formula is C23H28N2O5S. The molecule has 4 rings (SSSR count). The van der Waals surface area contributed by atoms with Gasteiger partial charge < -0.3 is 15.2 Å². The number of fused-ring (bicyclic) bond motifs is 1. The van der Waals surface area contributed by atoms with E-state index in [1.807, 2.05) is 24.3 Å². The fraction of sp³-hybridized carbons (Fsp3) is 0.478. The molecule has 2 aromatic rings. The lowest BCUT2D eigenvalue weighted by Crippen LogP contribution is -2.21. The van der Waals surface area contributed by atoms with Gasteiger partial charge in [-0.15, -0.1) is 0 Å². The third-order valence-corrected chi connectivity index (χ3v) is 7.20. The Morgan fingerprint density at radius 2 is 2.03 bits per heavy atom. The van der Waals surface area contributed by atoms with Crippen LogP contribution in [0, 0.1) is 5.41 Å². The number of aryl methyl sites for hydroxylation is 1. The molecule has 0 radical (unpaired) electrons. The highest BCUT2D eigenvalue weighted by atomic mass is 32.2. The van der Waals surface area contributed by atoms with Crippen molar-refractivity contribution in [2.24, 2.45) is 5.41 Å². The molecule has 166 valence electrons. The molecule has 0 saturated heterocycles. The molecule has 2 N–H and O–H groups in total. The highest BCUT2D eigenvalue weighted by Gasteiger charge is 2.57. The summed E-state index contributed by atoms with van der Waals surface area (Å²) in [4.78, 5) is 15.9. The van der Waals surface area contributed by atoms with Gasteiger partial charge in [0.1, 0.15) is 21.4 Å². The van der Waals surface area contributed by atoms with E-state index in [0.29, 0.717) is 19.4 Å². The van der Waals surface area contributed by atoms with Crippen molar-refractivity contribution in [1.82, 2.24) is 4.98 Å². The summed E-state index contributed by atoms with van der Waals surface area (Å²) in [5.41, 5.74) is 2.51. The minimum absolute atomic E-state index is 0.0560. The van der Waals surface area contributed by atoms with Crippen LogP contribution < -0.4 is 10.1 Å². The van der Waals surface area contributed by atoms with Crippen molar-refractivity contribution in [2.75, 3.05) is 30.5 Å². The Morgan fingerprint density at radius 1 is 1.26 bits per heavy atom. The number of hydrogen-bond acceptors (Lipinski definition) is 6. The second-order valence-electron chi connectivity index (χ2n) is 8.77. The normalized spacial score (nSPS) is 22.3. The SMILES string of the molecule is CS(=O)(=O)CC1(CC(=O)O)CC1c1ccc(OCCc2ccc3c(n2)NCCC3)cc1. The second-order valence-corrected chi connectivity index (χ2v) is 10.9. The maximum atomic E-state index is 11.8. The van der Waals surface area contributed by atoms with E-state index in [1.165, 1.54) is 5.56 Å². The van der Waals surface area contributed by atoms with Gasteiger partial charge in [-0.25, -0.2) is 13.4 Å². The smallest absolute Gasteiger partial charge is 0.303 e. The molecule has 7 nitrogen and oxygen atoms in total. The standard InChI is InChI=1S/C23H28N2O5S/c1-31(28,29)15-23(14-21(26)27)13-20(23)16-5-8-19(9-6-16)30-12-10-18-7-4-17-3-2-11-24-22(17)25-18/h4-9,20H,2-3,10-15H2,1H3,(H,24,25)(H,26,27). The fourth-order valence-electron chi connectivity index (χ4n) is 4.63. The predicted molar refractivity (Wildman–Crippen MR) is 118 cm³/mol. The van der Waals surface area contributed by atoms with Crippen LogP contribution in [0.2, 0.25) is 0 Å². The fourth-order valence-corrected chi connectivity index (χ4v) is 6.09. The van der Waals surface area contributed by atoms with Crippen LogP contribution in [0.4, 0.5) is 5.82 Å². The number of ether oxygens (including phenoxy) is 1. The van der Waals surface area contributed by atoms with Gasteiger partial charge in [0.25, 0.3) is 0 Å². The van der Waals surface area contributed by atoms with E-state index >= 15 is 0 Å². The Morgan fingerprint density at radius 3 is 2.74 bits per heavy atom. The van der Waals surface area contributed by atoms with Crippen LogP contribution in [-0.4, -0.2) is 49.6 Å². The molecule has 0 spiro atoms. The summed E-state index contributed by atoms with van der Waals surface area (Å²) >= 11 is 0. The van der Waals surface area contributed by atoms with Crippen LogP contribution in [0.5, 0.6) is 5.75 Å². The average Bonchev–Trinajstić information content (AvgIpc) is 3.38. The van der Waals surface area contributed by atoms with Crippen molar-refractivity contribution < 1.29 is 23.1 Å².